The second-order valence-corrected chi connectivity index (χ2v) is 9.59. The molecule has 1 saturated heterocycles. The number of hydrogen-bond acceptors (Lipinski definition) is 2. The highest BCUT2D eigenvalue weighted by molar-refractivity contribution is 5.42. The van der Waals surface area contributed by atoms with Gasteiger partial charge >= 0.3 is 0 Å². The van der Waals surface area contributed by atoms with E-state index in [2.05, 4.69) is 120 Å². The van der Waals surface area contributed by atoms with Crippen molar-refractivity contribution in [2.75, 3.05) is 6.54 Å². The van der Waals surface area contributed by atoms with Crippen molar-refractivity contribution in [3.05, 3.63) is 108 Å². The molecule has 2 nitrogen and oxygen atoms in total. The molecule has 0 aliphatic carbocycles. The minimum atomic E-state index is -0.0662. The second-order valence-electron chi connectivity index (χ2n) is 9.59. The van der Waals surface area contributed by atoms with E-state index in [1.54, 1.807) is 0 Å². The largest absolute Gasteiger partial charge is 0.378 e. The van der Waals surface area contributed by atoms with Gasteiger partial charge in [0.25, 0.3) is 0 Å². The first-order valence-electron chi connectivity index (χ1n) is 12.3. The molecule has 0 radical (unpaired) electrons. The van der Waals surface area contributed by atoms with Gasteiger partial charge in [-0.25, -0.2) is 0 Å². The Bertz CT molecular complexity index is 915. The van der Waals surface area contributed by atoms with Gasteiger partial charge in [0.15, 0.2) is 0 Å². The van der Waals surface area contributed by atoms with Gasteiger partial charge in [0.05, 0.1) is 6.04 Å². The van der Waals surface area contributed by atoms with Crippen molar-refractivity contribution in [2.45, 2.75) is 66.8 Å². The number of allylic oxidation sites excluding steroid dienone is 12. The number of nitrogens with zero attached hydrogens (tertiary/aromatic N) is 1. The summed E-state index contributed by atoms with van der Waals surface area (Å²) in [5.41, 5.74) is 6.31. The van der Waals surface area contributed by atoms with Crippen molar-refractivity contribution in [3.8, 4) is 0 Å². The maximum atomic E-state index is 4.63. The Morgan fingerprint density at radius 1 is 1.21 bits per heavy atom. The fourth-order valence-corrected chi connectivity index (χ4v) is 4.41. The molecule has 2 aliphatic rings. The van der Waals surface area contributed by atoms with Gasteiger partial charge in [0.2, 0.25) is 0 Å². The van der Waals surface area contributed by atoms with Gasteiger partial charge in [0, 0.05) is 29.6 Å². The lowest BCUT2D eigenvalue weighted by molar-refractivity contribution is 0.388. The van der Waals surface area contributed by atoms with Crippen molar-refractivity contribution in [1.82, 2.24) is 10.2 Å². The van der Waals surface area contributed by atoms with E-state index < -0.39 is 0 Å². The van der Waals surface area contributed by atoms with Crippen molar-refractivity contribution in [2.24, 2.45) is 11.3 Å². The number of nitrogens with one attached hydrogen (secondary N) is 1. The second kappa shape index (κ2) is 12.5. The lowest BCUT2D eigenvalue weighted by Gasteiger charge is -2.35. The smallest absolute Gasteiger partial charge is 0.0514 e. The fourth-order valence-electron chi connectivity index (χ4n) is 4.41. The molecule has 0 aromatic heterocycles. The molecular formula is C31H44N2. The number of fused-ring (bicyclic) bond motifs is 1. The lowest BCUT2D eigenvalue weighted by Crippen LogP contribution is -2.28. The van der Waals surface area contributed by atoms with Crippen LogP contribution in [0, 0.1) is 11.3 Å². The molecule has 0 amide bonds. The van der Waals surface area contributed by atoms with Crippen LogP contribution < -0.4 is 5.32 Å². The van der Waals surface area contributed by atoms with E-state index >= 15 is 0 Å². The lowest BCUT2D eigenvalue weighted by atomic mass is 9.79. The zero-order valence-corrected chi connectivity index (χ0v) is 21.7. The minimum Gasteiger partial charge on any atom is -0.378 e. The first-order chi connectivity index (χ1) is 15.8. The monoisotopic (exact) mass is 444 g/mol. The molecule has 2 aliphatic heterocycles. The van der Waals surface area contributed by atoms with Crippen molar-refractivity contribution < 1.29 is 0 Å². The molecule has 2 heteroatoms. The number of rotatable bonds is 6. The standard InChI is InChI=1S/C31H44N2/c1-9-12-15-20-30-26(6)31(7,8)22-21-29-27(25(5)28(32-29)19-14-11-3)18-16-23-33(30)24(4)17-13-10-2/h9-14,17-21,25,28,32H,3,6,15-16,22-23H2,1-2,4-5,7-8H3/b12-9-,13-10-,19-14-,24-17+,27-18-,29-21+,30-20+. The number of hydrogen-bond donors (Lipinski definition) is 1. The van der Waals surface area contributed by atoms with Crippen LogP contribution in [-0.2, 0) is 0 Å². The molecular weight excluding hydrogens is 400 g/mol. The van der Waals surface area contributed by atoms with Gasteiger partial charge in [-0.05, 0) is 62.7 Å². The molecule has 0 aromatic carbocycles. The van der Waals surface area contributed by atoms with Gasteiger partial charge in [-0.3, -0.25) is 0 Å². The summed E-state index contributed by atoms with van der Waals surface area (Å²) in [6.07, 6.45) is 26.8. The minimum absolute atomic E-state index is 0.0662. The van der Waals surface area contributed by atoms with Crippen LogP contribution in [0.15, 0.2) is 108 Å². The van der Waals surface area contributed by atoms with Crippen LogP contribution in [0.5, 0.6) is 0 Å². The van der Waals surface area contributed by atoms with Crippen LogP contribution in [0.25, 0.3) is 0 Å². The van der Waals surface area contributed by atoms with Crippen molar-refractivity contribution in [1.29, 1.82) is 0 Å². The third kappa shape index (κ3) is 6.87. The molecule has 0 aromatic rings. The highest BCUT2D eigenvalue weighted by Gasteiger charge is 2.32. The molecule has 0 saturated carbocycles. The van der Waals surface area contributed by atoms with Gasteiger partial charge in [-0.1, -0.05) is 94.7 Å². The zero-order valence-electron chi connectivity index (χ0n) is 21.7. The highest BCUT2D eigenvalue weighted by atomic mass is 15.1. The van der Waals surface area contributed by atoms with E-state index in [0.29, 0.717) is 12.0 Å². The molecule has 2 rings (SSSR count). The Morgan fingerprint density at radius 3 is 2.64 bits per heavy atom. The summed E-state index contributed by atoms with van der Waals surface area (Å²) in [5, 5.41) is 3.75. The van der Waals surface area contributed by atoms with Crippen LogP contribution in [0.3, 0.4) is 0 Å². The molecule has 1 fully saturated rings. The van der Waals surface area contributed by atoms with Crippen LogP contribution in [0.4, 0.5) is 0 Å². The maximum Gasteiger partial charge on any atom is 0.0514 e. The van der Waals surface area contributed by atoms with E-state index in [0.717, 1.165) is 25.8 Å². The Kier molecular flexibility index (Phi) is 10.0. The highest BCUT2D eigenvalue weighted by Crippen LogP contribution is 2.40. The third-order valence-electron chi connectivity index (χ3n) is 6.71. The maximum absolute atomic E-state index is 4.63. The molecule has 2 atom stereocenters. The van der Waals surface area contributed by atoms with E-state index in [1.807, 2.05) is 12.2 Å². The molecule has 2 unspecified atom stereocenters. The summed E-state index contributed by atoms with van der Waals surface area (Å²) in [6, 6.07) is 0.304. The SMILES string of the molecule is C=C/C=C\C1NC2=C/CC(C)(C)C(=C)/C(=C\C/C=C\C)N(/C(C)=C/C=C\C)CC/C=C\2C1C. The Hall–Kier alpha value is -2.74. The molecule has 0 bridgehead atoms. The van der Waals surface area contributed by atoms with E-state index in [-0.39, 0.29) is 5.41 Å². The Balaban J connectivity index is 2.55. The molecule has 1 N–H and O–H groups in total. The summed E-state index contributed by atoms with van der Waals surface area (Å²) >= 11 is 0. The molecule has 178 valence electrons. The predicted octanol–water partition coefficient (Wildman–Crippen LogP) is 8.16. The molecule has 2 heterocycles. The summed E-state index contributed by atoms with van der Waals surface area (Å²) in [6.45, 7) is 22.7. The summed E-state index contributed by atoms with van der Waals surface area (Å²) in [4.78, 5) is 2.46. The topological polar surface area (TPSA) is 15.3 Å². The van der Waals surface area contributed by atoms with Gasteiger partial charge < -0.3 is 10.2 Å². The van der Waals surface area contributed by atoms with Crippen molar-refractivity contribution >= 4 is 0 Å². The average Bonchev–Trinajstić information content (AvgIpc) is 3.08. The van der Waals surface area contributed by atoms with Crippen LogP contribution in [-0.4, -0.2) is 17.5 Å². The van der Waals surface area contributed by atoms with Gasteiger partial charge in [-0.15, -0.1) is 0 Å². The normalized spacial score (nSPS) is 29.0. The summed E-state index contributed by atoms with van der Waals surface area (Å²) in [5.74, 6) is 0.428. The summed E-state index contributed by atoms with van der Waals surface area (Å²) < 4.78 is 0. The summed E-state index contributed by atoms with van der Waals surface area (Å²) in [7, 11) is 0. The third-order valence-corrected chi connectivity index (χ3v) is 6.71. The predicted molar refractivity (Wildman–Crippen MR) is 147 cm³/mol. The first kappa shape index (κ1) is 26.5. The molecule has 0 spiro atoms. The van der Waals surface area contributed by atoms with Crippen molar-refractivity contribution in [3.63, 3.8) is 0 Å². The van der Waals surface area contributed by atoms with Crippen LogP contribution in [0.2, 0.25) is 0 Å². The van der Waals surface area contributed by atoms with Gasteiger partial charge in [0.1, 0.15) is 0 Å². The Labute approximate surface area is 203 Å². The fraction of sp³-hybridized carbons (Fsp3) is 0.419. The van der Waals surface area contributed by atoms with Crippen LogP contribution >= 0.6 is 0 Å². The average molecular weight is 445 g/mol. The first-order valence-corrected chi connectivity index (χ1v) is 12.3. The van der Waals surface area contributed by atoms with E-state index in [1.165, 1.54) is 28.2 Å². The van der Waals surface area contributed by atoms with E-state index in [4.69, 9.17) is 0 Å². The van der Waals surface area contributed by atoms with Crippen LogP contribution in [0.1, 0.15) is 60.8 Å². The molecule has 33 heavy (non-hydrogen) atoms. The quantitative estimate of drug-likeness (QED) is 0.328. The Morgan fingerprint density at radius 2 is 1.97 bits per heavy atom. The van der Waals surface area contributed by atoms with E-state index in [9.17, 15) is 0 Å². The zero-order chi connectivity index (χ0) is 24.4. The van der Waals surface area contributed by atoms with Gasteiger partial charge in [-0.2, -0.15) is 0 Å².